The van der Waals surface area contributed by atoms with Crippen molar-refractivity contribution in [2.45, 2.75) is 31.8 Å². The zero-order valence-corrected chi connectivity index (χ0v) is 11.0. The van der Waals surface area contributed by atoms with Crippen LogP contribution in [0.1, 0.15) is 31.9 Å². The summed E-state index contributed by atoms with van der Waals surface area (Å²) >= 11 is 0. The zero-order valence-electron chi connectivity index (χ0n) is 10.2. The van der Waals surface area contributed by atoms with Gasteiger partial charge < -0.3 is 5.32 Å². The number of pyridine rings is 1. The van der Waals surface area contributed by atoms with Crippen molar-refractivity contribution >= 4 is 9.84 Å². The Morgan fingerprint density at radius 2 is 2.29 bits per heavy atom. The van der Waals surface area contributed by atoms with Gasteiger partial charge in [0.1, 0.15) is 0 Å². The Hall–Kier alpha value is -0.940. The molecule has 0 bridgehead atoms. The summed E-state index contributed by atoms with van der Waals surface area (Å²) < 4.78 is 23.0. The molecule has 2 unspecified atom stereocenters. The first kappa shape index (κ1) is 12.5. The summed E-state index contributed by atoms with van der Waals surface area (Å²) in [5.41, 5.74) is 0.770. The molecule has 0 amide bonds. The fourth-order valence-corrected chi connectivity index (χ4v) is 4.47. The van der Waals surface area contributed by atoms with Gasteiger partial charge in [-0.1, -0.05) is 6.07 Å². The summed E-state index contributed by atoms with van der Waals surface area (Å²) in [6.07, 6.45) is 4.22. The lowest BCUT2D eigenvalue weighted by Gasteiger charge is -2.28. The van der Waals surface area contributed by atoms with Crippen molar-refractivity contribution in [3.05, 3.63) is 30.1 Å². The van der Waals surface area contributed by atoms with Crippen LogP contribution in [0.2, 0.25) is 0 Å². The molecule has 5 heteroatoms. The zero-order chi connectivity index (χ0) is 12.5. The summed E-state index contributed by atoms with van der Waals surface area (Å²) in [6, 6.07) is 4.00. The van der Waals surface area contributed by atoms with Gasteiger partial charge in [-0.05, 0) is 31.9 Å². The minimum absolute atomic E-state index is 0.113. The molecular formula is C12H18N2O2S. The monoisotopic (exact) mass is 254 g/mol. The summed E-state index contributed by atoms with van der Waals surface area (Å²) in [4.78, 5) is 4.07. The summed E-state index contributed by atoms with van der Waals surface area (Å²) in [5.74, 6) is 0.515. The third kappa shape index (κ3) is 3.04. The Morgan fingerprint density at radius 3 is 2.82 bits per heavy atom. The Kier molecular flexibility index (Phi) is 3.23. The minimum atomic E-state index is -2.86. The van der Waals surface area contributed by atoms with Crippen LogP contribution in [0.15, 0.2) is 24.5 Å². The number of nitrogens with zero attached hydrogens (tertiary/aromatic N) is 1. The molecule has 2 rings (SSSR count). The van der Waals surface area contributed by atoms with Gasteiger partial charge in [0.25, 0.3) is 0 Å². The summed E-state index contributed by atoms with van der Waals surface area (Å²) in [6.45, 7) is 4.01. The molecule has 1 saturated heterocycles. The van der Waals surface area contributed by atoms with E-state index in [9.17, 15) is 8.42 Å². The van der Waals surface area contributed by atoms with E-state index in [1.807, 2.05) is 32.2 Å². The Labute approximate surface area is 102 Å². The van der Waals surface area contributed by atoms with Crippen LogP contribution < -0.4 is 5.32 Å². The molecule has 17 heavy (non-hydrogen) atoms. The van der Waals surface area contributed by atoms with Crippen LogP contribution in [0.25, 0.3) is 0 Å². The second kappa shape index (κ2) is 4.38. The van der Waals surface area contributed by atoms with E-state index < -0.39 is 9.84 Å². The topological polar surface area (TPSA) is 59.1 Å². The van der Waals surface area contributed by atoms with Gasteiger partial charge in [0, 0.05) is 24.0 Å². The minimum Gasteiger partial charge on any atom is -0.304 e. The van der Waals surface area contributed by atoms with Crippen molar-refractivity contribution in [1.82, 2.24) is 10.3 Å². The number of aromatic nitrogens is 1. The molecule has 1 N–H and O–H groups in total. The van der Waals surface area contributed by atoms with E-state index in [2.05, 4.69) is 10.3 Å². The molecule has 1 aliphatic heterocycles. The molecule has 4 nitrogen and oxygen atoms in total. The number of hydrogen-bond donors (Lipinski definition) is 1. The molecule has 0 aliphatic carbocycles. The van der Waals surface area contributed by atoms with E-state index in [1.54, 1.807) is 6.20 Å². The molecular weight excluding hydrogens is 236 g/mol. The number of sulfone groups is 1. The largest absolute Gasteiger partial charge is 0.304 e. The highest BCUT2D eigenvalue weighted by Crippen LogP contribution is 2.26. The van der Waals surface area contributed by atoms with Crippen molar-refractivity contribution < 1.29 is 8.42 Å². The molecule has 0 spiro atoms. The summed E-state index contributed by atoms with van der Waals surface area (Å²) in [7, 11) is -2.86. The van der Waals surface area contributed by atoms with E-state index in [-0.39, 0.29) is 23.1 Å². The first-order valence-corrected chi connectivity index (χ1v) is 7.60. The Morgan fingerprint density at radius 1 is 1.53 bits per heavy atom. The second-order valence-electron chi connectivity index (χ2n) is 5.06. The van der Waals surface area contributed by atoms with E-state index in [1.165, 1.54) is 0 Å². The van der Waals surface area contributed by atoms with Crippen LogP contribution in [0.5, 0.6) is 0 Å². The number of rotatable bonds is 3. The van der Waals surface area contributed by atoms with E-state index in [4.69, 9.17) is 0 Å². The fourth-order valence-electron chi connectivity index (χ4n) is 2.36. The predicted octanol–water partition coefficient (Wildman–Crippen LogP) is 1.31. The lowest BCUT2D eigenvalue weighted by Crippen LogP contribution is -2.44. The molecule has 1 aromatic rings. The lowest BCUT2D eigenvalue weighted by molar-refractivity contribution is 0.355. The smallest absolute Gasteiger partial charge is 0.152 e. The third-order valence-corrected chi connectivity index (χ3v) is 5.16. The van der Waals surface area contributed by atoms with Gasteiger partial charge in [-0.3, -0.25) is 4.98 Å². The van der Waals surface area contributed by atoms with Crippen molar-refractivity contribution in [3.63, 3.8) is 0 Å². The number of nitrogens with one attached hydrogen (secondary N) is 1. The Balaban J connectivity index is 2.07. The predicted molar refractivity (Wildman–Crippen MR) is 67.5 cm³/mol. The van der Waals surface area contributed by atoms with Crippen LogP contribution in [-0.2, 0) is 9.84 Å². The highest BCUT2D eigenvalue weighted by atomic mass is 32.2. The van der Waals surface area contributed by atoms with E-state index in [0.29, 0.717) is 6.42 Å². The van der Waals surface area contributed by atoms with Crippen LogP contribution in [-0.4, -0.2) is 30.4 Å². The average molecular weight is 254 g/mol. The highest BCUT2D eigenvalue weighted by Gasteiger charge is 2.38. The maximum absolute atomic E-state index is 11.5. The summed E-state index contributed by atoms with van der Waals surface area (Å²) in [5, 5.41) is 3.41. The van der Waals surface area contributed by atoms with Crippen molar-refractivity contribution in [1.29, 1.82) is 0 Å². The molecule has 1 aromatic heterocycles. The first-order chi connectivity index (χ1) is 7.90. The van der Waals surface area contributed by atoms with Gasteiger partial charge in [0.15, 0.2) is 9.84 Å². The fraction of sp³-hybridized carbons (Fsp3) is 0.583. The maximum Gasteiger partial charge on any atom is 0.152 e. The molecule has 0 radical (unpaired) electrons. The van der Waals surface area contributed by atoms with Crippen molar-refractivity contribution in [2.24, 2.45) is 0 Å². The first-order valence-electron chi connectivity index (χ1n) is 5.78. The van der Waals surface area contributed by atoms with E-state index in [0.717, 1.165) is 5.56 Å². The third-order valence-electron chi connectivity index (χ3n) is 3.25. The SMILES string of the molecule is CC(NC1(C)CCS(=O)(=O)C1)c1cccnc1. The van der Waals surface area contributed by atoms with Crippen LogP contribution in [0.3, 0.4) is 0 Å². The molecule has 2 heterocycles. The Bertz CT molecular complexity index is 486. The van der Waals surface area contributed by atoms with Crippen LogP contribution >= 0.6 is 0 Å². The van der Waals surface area contributed by atoms with Gasteiger partial charge in [-0.25, -0.2) is 8.42 Å². The molecule has 0 saturated carbocycles. The molecule has 94 valence electrons. The normalized spacial score (nSPS) is 29.1. The maximum atomic E-state index is 11.5. The number of hydrogen-bond acceptors (Lipinski definition) is 4. The molecule has 1 aliphatic rings. The van der Waals surface area contributed by atoms with Gasteiger partial charge in [0.2, 0.25) is 0 Å². The standard InChI is InChI=1S/C12H18N2O2S/c1-10(11-4-3-6-13-8-11)14-12(2)5-7-17(15,16)9-12/h3-4,6,8,10,14H,5,7,9H2,1-2H3. The van der Waals surface area contributed by atoms with Gasteiger partial charge in [-0.2, -0.15) is 0 Å². The van der Waals surface area contributed by atoms with Crippen LogP contribution in [0, 0.1) is 0 Å². The molecule has 0 aromatic carbocycles. The average Bonchev–Trinajstić information content (AvgIpc) is 2.54. The second-order valence-corrected chi connectivity index (χ2v) is 7.24. The molecule has 1 fully saturated rings. The quantitative estimate of drug-likeness (QED) is 0.883. The van der Waals surface area contributed by atoms with Gasteiger partial charge >= 0.3 is 0 Å². The van der Waals surface area contributed by atoms with Crippen LogP contribution in [0.4, 0.5) is 0 Å². The molecule has 2 atom stereocenters. The van der Waals surface area contributed by atoms with Gasteiger partial charge in [-0.15, -0.1) is 0 Å². The highest BCUT2D eigenvalue weighted by molar-refractivity contribution is 7.91. The van der Waals surface area contributed by atoms with Gasteiger partial charge in [0.05, 0.1) is 11.5 Å². The van der Waals surface area contributed by atoms with Crippen molar-refractivity contribution in [2.75, 3.05) is 11.5 Å². The lowest BCUT2D eigenvalue weighted by atomic mass is 9.99. The van der Waals surface area contributed by atoms with Crippen molar-refractivity contribution in [3.8, 4) is 0 Å². The van der Waals surface area contributed by atoms with E-state index >= 15 is 0 Å².